The summed E-state index contributed by atoms with van der Waals surface area (Å²) in [5, 5.41) is 21.1. The fourth-order valence-electron chi connectivity index (χ4n) is 4.82. The number of hydrogen-bond donors (Lipinski definition) is 2. The topological polar surface area (TPSA) is 52.9 Å². The van der Waals surface area contributed by atoms with Crippen molar-refractivity contribution in [1.82, 2.24) is 4.90 Å². The van der Waals surface area contributed by atoms with E-state index in [1.54, 1.807) is 0 Å². The number of nitrogens with zero attached hydrogens (tertiary/aromatic N) is 1. The molecule has 3 rings (SSSR count). The molecule has 1 saturated heterocycles. The van der Waals surface area contributed by atoms with Crippen molar-refractivity contribution in [1.29, 1.82) is 0 Å². The zero-order chi connectivity index (χ0) is 15.8. The molecule has 2 saturated carbocycles. The lowest BCUT2D eigenvalue weighted by Crippen LogP contribution is -2.63. The van der Waals surface area contributed by atoms with E-state index < -0.39 is 5.60 Å². The minimum atomic E-state index is -0.478. The maximum absolute atomic E-state index is 10.8. The van der Waals surface area contributed by atoms with Gasteiger partial charge in [-0.15, -0.1) is 0 Å². The quantitative estimate of drug-likeness (QED) is 0.835. The zero-order valence-corrected chi connectivity index (χ0v) is 14.3. The Hall–Kier alpha value is -0.160. The largest absolute Gasteiger partial charge is 0.392 e. The molecule has 1 heterocycles. The number of aliphatic hydroxyl groups excluding tert-OH is 1. The molecule has 4 nitrogen and oxygen atoms in total. The van der Waals surface area contributed by atoms with Gasteiger partial charge in [0.25, 0.3) is 0 Å². The van der Waals surface area contributed by atoms with Gasteiger partial charge in [0.1, 0.15) is 0 Å². The molecule has 2 N–H and O–H groups in total. The van der Waals surface area contributed by atoms with Crippen LogP contribution in [0.3, 0.4) is 0 Å². The van der Waals surface area contributed by atoms with Crippen LogP contribution in [-0.2, 0) is 4.74 Å². The van der Waals surface area contributed by atoms with Crippen molar-refractivity contribution < 1.29 is 14.9 Å². The molecule has 0 unspecified atom stereocenters. The maximum atomic E-state index is 10.8. The molecule has 0 aromatic carbocycles. The molecule has 3 aliphatic rings. The van der Waals surface area contributed by atoms with Crippen LogP contribution in [-0.4, -0.2) is 59.2 Å². The molecule has 2 aliphatic carbocycles. The van der Waals surface area contributed by atoms with E-state index in [0.717, 1.165) is 77.1 Å². The summed E-state index contributed by atoms with van der Waals surface area (Å²) in [6, 6.07) is 0. The molecule has 2 atom stereocenters. The predicted octanol–water partition coefficient (Wildman–Crippen LogP) is 2.18. The molecule has 0 aromatic heterocycles. The summed E-state index contributed by atoms with van der Waals surface area (Å²) in [6.45, 7) is 7.84. The van der Waals surface area contributed by atoms with E-state index in [2.05, 4.69) is 11.8 Å². The predicted molar refractivity (Wildman–Crippen MR) is 86.7 cm³/mol. The summed E-state index contributed by atoms with van der Waals surface area (Å²) in [6.07, 6.45) is 7.06. The van der Waals surface area contributed by atoms with Gasteiger partial charge >= 0.3 is 0 Å². The Kier molecular flexibility index (Phi) is 4.84. The van der Waals surface area contributed by atoms with E-state index >= 15 is 0 Å². The zero-order valence-electron chi connectivity index (χ0n) is 14.3. The molecule has 0 amide bonds. The molecule has 0 aromatic rings. The smallest absolute Gasteiger partial charge is 0.0774 e. The first-order valence-corrected chi connectivity index (χ1v) is 9.22. The third-order valence-electron chi connectivity index (χ3n) is 6.62. The number of likely N-dealkylation sites (tertiary alicyclic amines) is 1. The number of rotatable bonds is 4. The van der Waals surface area contributed by atoms with Crippen molar-refractivity contribution in [3.8, 4) is 0 Å². The average Bonchev–Trinajstić information content (AvgIpc) is 2.51. The van der Waals surface area contributed by atoms with E-state index in [0.29, 0.717) is 0 Å². The van der Waals surface area contributed by atoms with Crippen LogP contribution in [0.25, 0.3) is 0 Å². The van der Waals surface area contributed by atoms with Crippen molar-refractivity contribution in [3.63, 3.8) is 0 Å². The first-order valence-electron chi connectivity index (χ1n) is 9.22. The van der Waals surface area contributed by atoms with E-state index in [-0.39, 0.29) is 17.6 Å². The number of aliphatic hydroxyl groups is 2. The molecular formula is C18H33NO3. The molecule has 3 fully saturated rings. The second-order valence-corrected chi connectivity index (χ2v) is 8.11. The van der Waals surface area contributed by atoms with Crippen LogP contribution in [0.5, 0.6) is 0 Å². The Morgan fingerprint density at radius 1 is 1.14 bits per heavy atom. The molecule has 1 spiro atoms. The number of ether oxygens (including phenoxy) is 1. The van der Waals surface area contributed by atoms with Gasteiger partial charge in [0.15, 0.2) is 0 Å². The highest BCUT2D eigenvalue weighted by Gasteiger charge is 2.56. The summed E-state index contributed by atoms with van der Waals surface area (Å²) < 4.78 is 5.83. The minimum Gasteiger partial charge on any atom is -0.392 e. The monoisotopic (exact) mass is 311 g/mol. The Morgan fingerprint density at radius 2 is 1.77 bits per heavy atom. The second-order valence-electron chi connectivity index (χ2n) is 8.11. The van der Waals surface area contributed by atoms with Crippen molar-refractivity contribution in [3.05, 3.63) is 0 Å². The Balaban J connectivity index is 1.51. The van der Waals surface area contributed by atoms with Crippen molar-refractivity contribution in [2.45, 2.75) is 76.6 Å². The minimum absolute atomic E-state index is 0.00376. The molecule has 1 aliphatic heterocycles. The molecule has 128 valence electrons. The third-order valence-corrected chi connectivity index (χ3v) is 6.62. The molecular weight excluding hydrogens is 278 g/mol. The molecule has 0 radical (unpaired) electrons. The van der Waals surface area contributed by atoms with Crippen LogP contribution in [0, 0.1) is 11.3 Å². The van der Waals surface area contributed by atoms with Crippen LogP contribution < -0.4 is 0 Å². The van der Waals surface area contributed by atoms with Gasteiger partial charge in [-0.3, -0.25) is 0 Å². The van der Waals surface area contributed by atoms with Crippen molar-refractivity contribution >= 4 is 0 Å². The molecule has 22 heavy (non-hydrogen) atoms. The van der Waals surface area contributed by atoms with Gasteiger partial charge < -0.3 is 19.8 Å². The van der Waals surface area contributed by atoms with Crippen LogP contribution in [0.2, 0.25) is 0 Å². The van der Waals surface area contributed by atoms with Gasteiger partial charge in [-0.25, -0.2) is 0 Å². The molecule has 4 heteroatoms. The lowest BCUT2D eigenvalue weighted by Gasteiger charge is -2.57. The Labute approximate surface area is 134 Å². The SMILES string of the molecule is CCO[C@H]1C[C@@H](O)C12CCN(CC1(O)CCC(C)CC1)CC2. The summed E-state index contributed by atoms with van der Waals surface area (Å²) in [4.78, 5) is 2.41. The van der Waals surface area contributed by atoms with Gasteiger partial charge in [0, 0.05) is 25.0 Å². The highest BCUT2D eigenvalue weighted by atomic mass is 16.5. The third kappa shape index (κ3) is 3.08. The number of β-amino-alcohol motifs (C(OH)–C–C–N with tert-alkyl or cyclic N) is 1. The Morgan fingerprint density at radius 3 is 2.32 bits per heavy atom. The first-order chi connectivity index (χ1) is 10.5. The van der Waals surface area contributed by atoms with Crippen LogP contribution >= 0.6 is 0 Å². The van der Waals surface area contributed by atoms with E-state index in [9.17, 15) is 10.2 Å². The van der Waals surface area contributed by atoms with Crippen LogP contribution in [0.1, 0.15) is 58.8 Å². The van der Waals surface area contributed by atoms with Gasteiger partial charge in [-0.05, 0) is 64.5 Å². The van der Waals surface area contributed by atoms with Crippen molar-refractivity contribution in [2.75, 3.05) is 26.2 Å². The lowest BCUT2D eigenvalue weighted by atomic mass is 9.58. The lowest BCUT2D eigenvalue weighted by molar-refractivity contribution is -0.211. The van der Waals surface area contributed by atoms with Gasteiger partial charge in [-0.1, -0.05) is 6.92 Å². The van der Waals surface area contributed by atoms with Crippen LogP contribution in [0.15, 0.2) is 0 Å². The summed E-state index contributed by atoms with van der Waals surface area (Å²) >= 11 is 0. The fraction of sp³-hybridized carbons (Fsp3) is 1.00. The fourth-order valence-corrected chi connectivity index (χ4v) is 4.82. The van der Waals surface area contributed by atoms with Crippen molar-refractivity contribution in [2.24, 2.45) is 11.3 Å². The first kappa shape index (κ1) is 16.7. The number of hydrogen-bond acceptors (Lipinski definition) is 4. The van der Waals surface area contributed by atoms with E-state index in [1.165, 1.54) is 0 Å². The summed E-state index contributed by atoms with van der Waals surface area (Å²) in [5.74, 6) is 0.766. The van der Waals surface area contributed by atoms with E-state index in [1.807, 2.05) is 6.92 Å². The normalized spacial score (nSPS) is 42.3. The Bertz CT molecular complexity index is 369. The number of piperidine rings is 1. The summed E-state index contributed by atoms with van der Waals surface area (Å²) in [7, 11) is 0. The summed E-state index contributed by atoms with van der Waals surface area (Å²) in [5.41, 5.74) is -0.481. The molecule has 0 bridgehead atoms. The highest BCUT2D eigenvalue weighted by Crippen LogP contribution is 2.51. The highest BCUT2D eigenvalue weighted by molar-refractivity contribution is 5.07. The standard InChI is InChI=1S/C18H33NO3/c1-3-22-16-12-15(20)18(16)8-10-19(11-9-18)13-17(21)6-4-14(2)5-7-17/h14-16,20-21H,3-13H2,1-2H3/t14?,15-,16+,17?/m1/s1. The second kappa shape index (κ2) is 6.39. The van der Waals surface area contributed by atoms with Gasteiger partial charge in [0.05, 0.1) is 17.8 Å². The maximum Gasteiger partial charge on any atom is 0.0774 e. The van der Waals surface area contributed by atoms with Gasteiger partial charge in [-0.2, -0.15) is 0 Å². The average molecular weight is 311 g/mol. The van der Waals surface area contributed by atoms with E-state index in [4.69, 9.17) is 4.74 Å². The van der Waals surface area contributed by atoms with Gasteiger partial charge in [0.2, 0.25) is 0 Å². The van der Waals surface area contributed by atoms with Crippen LogP contribution in [0.4, 0.5) is 0 Å².